The first-order valence-electron chi connectivity index (χ1n) is 7.73. The molecule has 2 rings (SSSR count). The summed E-state index contributed by atoms with van der Waals surface area (Å²) in [5, 5.41) is 3.04. The predicted octanol–water partition coefficient (Wildman–Crippen LogP) is 1.50. The van der Waals surface area contributed by atoms with Crippen molar-refractivity contribution in [2.45, 2.75) is 26.4 Å². The van der Waals surface area contributed by atoms with E-state index in [9.17, 15) is 4.79 Å². The van der Waals surface area contributed by atoms with E-state index in [0.717, 1.165) is 17.7 Å². The molecule has 0 bridgehead atoms. The highest BCUT2D eigenvalue weighted by Crippen LogP contribution is 2.09. The largest absolute Gasteiger partial charge is 0.352 e. The fourth-order valence-corrected chi connectivity index (χ4v) is 2.52. The third-order valence-electron chi connectivity index (χ3n) is 3.75. The summed E-state index contributed by atoms with van der Waals surface area (Å²) >= 11 is 0. The van der Waals surface area contributed by atoms with Crippen molar-refractivity contribution >= 4 is 5.91 Å². The monoisotopic (exact) mass is 297 g/mol. The molecular formula is C19H25N2O+. The van der Waals surface area contributed by atoms with Gasteiger partial charge in [-0.1, -0.05) is 48.5 Å². The first-order chi connectivity index (χ1) is 10.6. The molecule has 0 spiro atoms. The quantitative estimate of drug-likeness (QED) is 0.832. The Labute approximate surface area is 133 Å². The zero-order valence-corrected chi connectivity index (χ0v) is 13.6. The Hall–Kier alpha value is -2.13. The van der Waals surface area contributed by atoms with Gasteiger partial charge in [0.1, 0.15) is 6.54 Å². The maximum Gasteiger partial charge on any atom is 0.224 e. The molecule has 0 aliphatic carbocycles. The second kappa shape index (κ2) is 7.76. The van der Waals surface area contributed by atoms with Crippen LogP contribution in [0, 0.1) is 6.92 Å². The maximum absolute atomic E-state index is 12.2. The van der Waals surface area contributed by atoms with Crippen molar-refractivity contribution in [3.8, 4) is 0 Å². The van der Waals surface area contributed by atoms with Crippen LogP contribution in [0.2, 0.25) is 0 Å². The van der Waals surface area contributed by atoms with E-state index in [4.69, 9.17) is 0 Å². The van der Waals surface area contributed by atoms with Crippen molar-refractivity contribution in [2.75, 3.05) is 14.1 Å². The van der Waals surface area contributed by atoms with Gasteiger partial charge < -0.3 is 10.2 Å². The van der Waals surface area contributed by atoms with Gasteiger partial charge in [0.2, 0.25) is 5.91 Å². The molecule has 2 aromatic carbocycles. The molecule has 0 aliphatic rings. The lowest BCUT2D eigenvalue weighted by atomic mass is 10.0. The zero-order valence-electron chi connectivity index (χ0n) is 13.6. The second-order valence-corrected chi connectivity index (χ2v) is 6.03. The van der Waals surface area contributed by atoms with Crippen LogP contribution in [0.5, 0.6) is 0 Å². The number of benzene rings is 2. The summed E-state index contributed by atoms with van der Waals surface area (Å²) in [5.41, 5.74) is 4.74. The Kier molecular flexibility index (Phi) is 5.73. The molecule has 22 heavy (non-hydrogen) atoms. The lowest BCUT2D eigenvalue weighted by Crippen LogP contribution is -3.04. The van der Waals surface area contributed by atoms with Gasteiger partial charge in [0.15, 0.2) is 0 Å². The van der Waals surface area contributed by atoms with Gasteiger partial charge in [-0.3, -0.25) is 4.79 Å². The minimum absolute atomic E-state index is 0.0707. The number of hydrogen-bond donors (Lipinski definition) is 2. The molecule has 0 fully saturated rings. The summed E-state index contributed by atoms with van der Waals surface area (Å²) in [4.78, 5) is 13.5. The van der Waals surface area contributed by atoms with Crippen LogP contribution in [-0.4, -0.2) is 20.0 Å². The molecule has 1 amide bonds. The molecule has 0 aromatic heterocycles. The Morgan fingerprint density at radius 3 is 2.18 bits per heavy atom. The Morgan fingerprint density at radius 1 is 0.955 bits per heavy atom. The van der Waals surface area contributed by atoms with Gasteiger partial charge in [0.05, 0.1) is 20.5 Å². The standard InChI is InChI=1S/C19H24N2O/c1-15-8-4-5-9-16(15)12-19(22)20-13-17-10-6-7-11-18(17)14-21(2)3/h4-11H,12-14H2,1-3H3,(H,20,22)/p+1. The molecular weight excluding hydrogens is 272 g/mol. The highest BCUT2D eigenvalue weighted by Gasteiger charge is 2.08. The number of aryl methyl sites for hydroxylation is 1. The van der Waals surface area contributed by atoms with Gasteiger partial charge in [-0.05, 0) is 23.6 Å². The van der Waals surface area contributed by atoms with Crippen LogP contribution in [0.1, 0.15) is 22.3 Å². The van der Waals surface area contributed by atoms with Crippen LogP contribution in [0.4, 0.5) is 0 Å². The number of carbonyl (C=O) groups is 1. The summed E-state index contributed by atoms with van der Waals surface area (Å²) in [5.74, 6) is 0.0707. The van der Waals surface area contributed by atoms with Crippen molar-refractivity contribution in [2.24, 2.45) is 0 Å². The van der Waals surface area contributed by atoms with Crippen molar-refractivity contribution in [3.05, 3.63) is 70.8 Å². The second-order valence-electron chi connectivity index (χ2n) is 6.03. The van der Waals surface area contributed by atoms with Crippen LogP contribution in [0.3, 0.4) is 0 Å². The third kappa shape index (κ3) is 4.71. The van der Waals surface area contributed by atoms with E-state index in [1.807, 2.05) is 37.3 Å². The number of amides is 1. The molecule has 0 unspecified atom stereocenters. The average molecular weight is 297 g/mol. The summed E-state index contributed by atoms with van der Waals surface area (Å²) < 4.78 is 0. The third-order valence-corrected chi connectivity index (χ3v) is 3.75. The Morgan fingerprint density at radius 2 is 1.55 bits per heavy atom. The summed E-state index contributed by atoms with van der Waals surface area (Å²) in [6, 6.07) is 16.3. The predicted molar refractivity (Wildman–Crippen MR) is 89.7 cm³/mol. The van der Waals surface area contributed by atoms with E-state index >= 15 is 0 Å². The molecule has 0 saturated carbocycles. The zero-order chi connectivity index (χ0) is 15.9. The van der Waals surface area contributed by atoms with Gasteiger partial charge >= 0.3 is 0 Å². The van der Waals surface area contributed by atoms with Gasteiger partial charge in [0, 0.05) is 12.1 Å². The van der Waals surface area contributed by atoms with Crippen molar-refractivity contribution in [3.63, 3.8) is 0 Å². The molecule has 116 valence electrons. The van der Waals surface area contributed by atoms with Gasteiger partial charge in [-0.2, -0.15) is 0 Å². The molecule has 0 radical (unpaired) electrons. The van der Waals surface area contributed by atoms with Crippen molar-refractivity contribution in [1.29, 1.82) is 0 Å². The molecule has 0 heterocycles. The minimum Gasteiger partial charge on any atom is -0.352 e. The van der Waals surface area contributed by atoms with Gasteiger partial charge in [-0.25, -0.2) is 0 Å². The lowest BCUT2D eigenvalue weighted by molar-refractivity contribution is -0.872. The van der Waals surface area contributed by atoms with Crippen LogP contribution >= 0.6 is 0 Å². The van der Waals surface area contributed by atoms with Crippen molar-refractivity contribution < 1.29 is 9.69 Å². The fraction of sp³-hybridized carbons (Fsp3) is 0.316. The molecule has 0 atom stereocenters. The fourth-order valence-electron chi connectivity index (χ4n) is 2.52. The molecule has 3 nitrogen and oxygen atoms in total. The number of rotatable bonds is 6. The topological polar surface area (TPSA) is 33.5 Å². The van der Waals surface area contributed by atoms with E-state index in [1.54, 1.807) is 0 Å². The molecule has 2 N–H and O–H groups in total. The Bertz CT molecular complexity index is 635. The van der Waals surface area contributed by atoms with E-state index in [-0.39, 0.29) is 5.91 Å². The van der Waals surface area contributed by atoms with Crippen LogP contribution in [-0.2, 0) is 24.3 Å². The first kappa shape index (κ1) is 16.2. The van der Waals surface area contributed by atoms with Crippen molar-refractivity contribution in [1.82, 2.24) is 5.32 Å². The SMILES string of the molecule is Cc1ccccc1CC(=O)NCc1ccccc1C[NH+](C)C. The lowest BCUT2D eigenvalue weighted by Gasteiger charge is -2.13. The normalized spacial score (nSPS) is 10.7. The molecule has 3 heteroatoms. The smallest absolute Gasteiger partial charge is 0.224 e. The van der Waals surface area contributed by atoms with E-state index in [0.29, 0.717) is 13.0 Å². The van der Waals surface area contributed by atoms with Crippen LogP contribution in [0.25, 0.3) is 0 Å². The number of hydrogen-bond acceptors (Lipinski definition) is 1. The van der Waals surface area contributed by atoms with Gasteiger partial charge in [-0.15, -0.1) is 0 Å². The van der Waals surface area contributed by atoms with Gasteiger partial charge in [0.25, 0.3) is 0 Å². The summed E-state index contributed by atoms with van der Waals surface area (Å²) in [6.45, 7) is 3.59. The maximum atomic E-state index is 12.2. The molecule has 0 aliphatic heterocycles. The van der Waals surface area contributed by atoms with E-state index < -0.39 is 0 Å². The molecule has 2 aromatic rings. The number of carbonyl (C=O) groups excluding carboxylic acids is 1. The minimum atomic E-state index is 0.0707. The highest BCUT2D eigenvalue weighted by molar-refractivity contribution is 5.78. The highest BCUT2D eigenvalue weighted by atomic mass is 16.1. The van der Waals surface area contributed by atoms with Crippen LogP contribution < -0.4 is 10.2 Å². The van der Waals surface area contributed by atoms with Crippen LogP contribution in [0.15, 0.2) is 48.5 Å². The number of nitrogens with one attached hydrogen (secondary N) is 2. The van der Waals surface area contributed by atoms with E-state index in [1.165, 1.54) is 16.0 Å². The summed E-state index contributed by atoms with van der Waals surface area (Å²) in [7, 11) is 4.26. The average Bonchev–Trinajstić information content (AvgIpc) is 2.48. The summed E-state index contributed by atoms with van der Waals surface area (Å²) in [6.07, 6.45) is 0.438. The number of quaternary nitrogens is 1. The molecule has 0 saturated heterocycles. The van der Waals surface area contributed by atoms with E-state index in [2.05, 4.69) is 37.6 Å². The Balaban J connectivity index is 1.95. The first-order valence-corrected chi connectivity index (χ1v) is 7.73.